The molecule has 1 aliphatic carbocycles. The maximum absolute atomic E-state index is 11.6. The molecule has 94 valence electrons. The largest absolute Gasteiger partial charge is 0.383 e. The Morgan fingerprint density at radius 3 is 2.75 bits per heavy atom. The van der Waals surface area contributed by atoms with Crippen molar-refractivity contribution >= 4 is 5.91 Å². The second-order valence-electron chi connectivity index (χ2n) is 4.57. The van der Waals surface area contributed by atoms with E-state index in [0.29, 0.717) is 25.1 Å². The van der Waals surface area contributed by atoms with Gasteiger partial charge in [0.25, 0.3) is 0 Å². The van der Waals surface area contributed by atoms with Gasteiger partial charge in [0.2, 0.25) is 5.91 Å². The molecular formula is C12H24N2O2. The van der Waals surface area contributed by atoms with Gasteiger partial charge in [-0.25, -0.2) is 0 Å². The summed E-state index contributed by atoms with van der Waals surface area (Å²) in [6.07, 6.45) is 5.16. The van der Waals surface area contributed by atoms with Crippen LogP contribution in [0.1, 0.15) is 32.6 Å². The first-order chi connectivity index (χ1) is 7.74. The lowest BCUT2D eigenvalue weighted by Crippen LogP contribution is -2.42. The van der Waals surface area contributed by atoms with Crippen LogP contribution < -0.4 is 10.6 Å². The minimum Gasteiger partial charge on any atom is -0.383 e. The molecule has 0 saturated heterocycles. The number of ether oxygens (including phenoxy) is 1. The number of nitrogens with one attached hydrogen (secondary N) is 2. The van der Waals surface area contributed by atoms with Gasteiger partial charge in [0.1, 0.15) is 0 Å². The van der Waals surface area contributed by atoms with Gasteiger partial charge in [0, 0.05) is 19.7 Å². The molecule has 1 aliphatic rings. The van der Waals surface area contributed by atoms with Gasteiger partial charge in [0.15, 0.2) is 0 Å². The second kappa shape index (κ2) is 7.63. The molecule has 1 saturated carbocycles. The molecule has 4 nitrogen and oxygen atoms in total. The van der Waals surface area contributed by atoms with Crippen molar-refractivity contribution in [2.75, 3.05) is 26.8 Å². The summed E-state index contributed by atoms with van der Waals surface area (Å²) in [4.78, 5) is 11.6. The summed E-state index contributed by atoms with van der Waals surface area (Å²) in [6.45, 7) is 3.87. The minimum atomic E-state index is 0.0931. The van der Waals surface area contributed by atoms with Gasteiger partial charge in [-0.05, 0) is 25.7 Å². The highest BCUT2D eigenvalue weighted by molar-refractivity contribution is 5.78. The van der Waals surface area contributed by atoms with E-state index >= 15 is 0 Å². The van der Waals surface area contributed by atoms with Crippen LogP contribution in [0.3, 0.4) is 0 Å². The van der Waals surface area contributed by atoms with E-state index in [1.807, 2.05) is 0 Å². The number of rotatable bonds is 7. The molecule has 1 unspecified atom stereocenters. The highest BCUT2D eigenvalue weighted by Crippen LogP contribution is 2.27. The van der Waals surface area contributed by atoms with Crippen LogP contribution in [0.25, 0.3) is 0 Å². The number of hydrogen-bond acceptors (Lipinski definition) is 3. The number of carbonyl (C=O) groups is 1. The van der Waals surface area contributed by atoms with E-state index in [2.05, 4.69) is 17.6 Å². The van der Waals surface area contributed by atoms with Crippen molar-refractivity contribution in [3.63, 3.8) is 0 Å². The Labute approximate surface area is 98.1 Å². The average Bonchev–Trinajstić information content (AvgIpc) is 2.77. The van der Waals surface area contributed by atoms with Gasteiger partial charge in [-0.15, -0.1) is 0 Å². The Morgan fingerprint density at radius 2 is 2.12 bits per heavy atom. The number of hydrogen-bond donors (Lipinski definition) is 2. The summed E-state index contributed by atoms with van der Waals surface area (Å²) in [5, 5.41) is 6.10. The molecule has 1 rings (SSSR count). The standard InChI is InChI=1S/C12H24N2O2/c1-10(11-5-3-4-6-11)14-12(15)9-13-7-8-16-2/h10-11,13H,3-9H2,1-2H3,(H,14,15). The molecule has 0 spiro atoms. The Hall–Kier alpha value is -0.610. The summed E-state index contributed by atoms with van der Waals surface area (Å²) in [5.41, 5.74) is 0. The third kappa shape index (κ3) is 4.94. The SMILES string of the molecule is COCCNCC(=O)NC(C)C1CCCC1. The third-order valence-electron chi connectivity index (χ3n) is 3.26. The van der Waals surface area contributed by atoms with Crippen LogP contribution in [0.2, 0.25) is 0 Å². The van der Waals surface area contributed by atoms with Crippen molar-refractivity contribution in [3.8, 4) is 0 Å². The first-order valence-corrected chi connectivity index (χ1v) is 6.23. The maximum Gasteiger partial charge on any atom is 0.234 e. The van der Waals surface area contributed by atoms with Gasteiger partial charge >= 0.3 is 0 Å². The maximum atomic E-state index is 11.6. The first kappa shape index (κ1) is 13.5. The second-order valence-corrected chi connectivity index (χ2v) is 4.57. The molecule has 0 heterocycles. The van der Waals surface area contributed by atoms with Gasteiger partial charge in [-0.2, -0.15) is 0 Å². The lowest BCUT2D eigenvalue weighted by molar-refractivity contribution is -0.121. The number of carbonyl (C=O) groups excluding carboxylic acids is 1. The fourth-order valence-electron chi connectivity index (χ4n) is 2.26. The molecule has 0 bridgehead atoms. The molecule has 0 aliphatic heterocycles. The quantitative estimate of drug-likeness (QED) is 0.637. The highest BCUT2D eigenvalue weighted by atomic mass is 16.5. The minimum absolute atomic E-state index is 0.0931. The molecule has 0 radical (unpaired) electrons. The molecular weight excluding hydrogens is 204 g/mol. The summed E-state index contributed by atoms with van der Waals surface area (Å²) < 4.78 is 4.89. The van der Waals surface area contributed by atoms with E-state index in [1.54, 1.807) is 7.11 Å². The highest BCUT2D eigenvalue weighted by Gasteiger charge is 2.22. The molecule has 0 aromatic rings. The molecule has 2 N–H and O–H groups in total. The van der Waals surface area contributed by atoms with Gasteiger partial charge < -0.3 is 15.4 Å². The van der Waals surface area contributed by atoms with E-state index in [-0.39, 0.29) is 5.91 Å². The van der Waals surface area contributed by atoms with Crippen LogP contribution in [0, 0.1) is 5.92 Å². The zero-order chi connectivity index (χ0) is 11.8. The topological polar surface area (TPSA) is 50.4 Å². The Kier molecular flexibility index (Phi) is 6.42. The average molecular weight is 228 g/mol. The first-order valence-electron chi connectivity index (χ1n) is 6.23. The van der Waals surface area contributed by atoms with E-state index in [1.165, 1.54) is 25.7 Å². The molecule has 0 aromatic heterocycles. The van der Waals surface area contributed by atoms with E-state index < -0.39 is 0 Å². The molecule has 4 heteroatoms. The zero-order valence-electron chi connectivity index (χ0n) is 10.4. The third-order valence-corrected chi connectivity index (χ3v) is 3.26. The molecule has 0 aromatic carbocycles. The van der Waals surface area contributed by atoms with Crippen LogP contribution in [-0.2, 0) is 9.53 Å². The van der Waals surface area contributed by atoms with E-state index in [0.717, 1.165) is 6.54 Å². The van der Waals surface area contributed by atoms with Crippen LogP contribution in [0.15, 0.2) is 0 Å². The van der Waals surface area contributed by atoms with Crippen molar-refractivity contribution < 1.29 is 9.53 Å². The van der Waals surface area contributed by atoms with E-state index in [4.69, 9.17) is 4.74 Å². The zero-order valence-corrected chi connectivity index (χ0v) is 10.4. The van der Waals surface area contributed by atoms with Gasteiger partial charge in [0.05, 0.1) is 13.2 Å². The molecule has 1 amide bonds. The number of amides is 1. The smallest absolute Gasteiger partial charge is 0.234 e. The lowest BCUT2D eigenvalue weighted by Gasteiger charge is -2.20. The van der Waals surface area contributed by atoms with Crippen molar-refractivity contribution in [2.45, 2.75) is 38.6 Å². The molecule has 1 atom stereocenters. The van der Waals surface area contributed by atoms with Crippen LogP contribution in [-0.4, -0.2) is 38.8 Å². The van der Waals surface area contributed by atoms with Crippen molar-refractivity contribution in [2.24, 2.45) is 5.92 Å². The summed E-state index contributed by atoms with van der Waals surface area (Å²) in [6, 6.07) is 0.319. The predicted molar refractivity (Wildman–Crippen MR) is 64.3 cm³/mol. The fraction of sp³-hybridized carbons (Fsp3) is 0.917. The normalized spacial score (nSPS) is 18.6. The predicted octanol–water partition coefficient (Wildman–Crippen LogP) is 0.917. The number of methoxy groups -OCH3 is 1. The van der Waals surface area contributed by atoms with Gasteiger partial charge in [-0.1, -0.05) is 12.8 Å². The monoisotopic (exact) mass is 228 g/mol. The summed E-state index contributed by atoms with van der Waals surface area (Å²) >= 11 is 0. The summed E-state index contributed by atoms with van der Waals surface area (Å²) in [7, 11) is 1.66. The van der Waals surface area contributed by atoms with E-state index in [9.17, 15) is 4.79 Å². The molecule has 1 fully saturated rings. The Balaban J connectivity index is 2.08. The van der Waals surface area contributed by atoms with Gasteiger partial charge in [-0.3, -0.25) is 4.79 Å². The fourth-order valence-corrected chi connectivity index (χ4v) is 2.26. The Bertz CT molecular complexity index is 203. The molecule has 16 heavy (non-hydrogen) atoms. The van der Waals surface area contributed by atoms with Crippen molar-refractivity contribution in [3.05, 3.63) is 0 Å². The summed E-state index contributed by atoms with van der Waals surface area (Å²) in [5.74, 6) is 0.776. The lowest BCUT2D eigenvalue weighted by atomic mass is 10.00. The van der Waals surface area contributed by atoms with Crippen molar-refractivity contribution in [1.82, 2.24) is 10.6 Å². The Morgan fingerprint density at radius 1 is 1.44 bits per heavy atom. The van der Waals surface area contributed by atoms with Crippen LogP contribution in [0.5, 0.6) is 0 Å². The van der Waals surface area contributed by atoms with Crippen molar-refractivity contribution in [1.29, 1.82) is 0 Å². The van der Waals surface area contributed by atoms with Crippen LogP contribution >= 0.6 is 0 Å². The van der Waals surface area contributed by atoms with Crippen LogP contribution in [0.4, 0.5) is 0 Å².